The van der Waals surface area contributed by atoms with E-state index in [4.69, 9.17) is 0 Å². The number of fused-ring (bicyclic) bond motifs is 1. The predicted molar refractivity (Wildman–Crippen MR) is 192 cm³/mol. The summed E-state index contributed by atoms with van der Waals surface area (Å²) >= 11 is 0. The van der Waals surface area contributed by atoms with Crippen LogP contribution in [0.5, 0.6) is 0 Å². The number of nitrogens with zero attached hydrogens (tertiary/aromatic N) is 6. The average Bonchev–Trinajstić information content (AvgIpc) is 3.14. The molecule has 4 heterocycles. The van der Waals surface area contributed by atoms with E-state index in [1.54, 1.807) is 0 Å². The minimum absolute atomic E-state index is 0.709. The van der Waals surface area contributed by atoms with Crippen molar-refractivity contribution in [1.29, 1.82) is 0 Å². The van der Waals surface area contributed by atoms with Gasteiger partial charge < -0.3 is 0 Å². The molecule has 4 aromatic heterocycles. The van der Waals surface area contributed by atoms with E-state index in [0.717, 1.165) is 35.9 Å². The molecule has 6 nitrogen and oxygen atoms in total. The molecule has 7 aromatic rings. The van der Waals surface area contributed by atoms with E-state index in [9.17, 15) is 0 Å². The molecule has 0 unspecified atom stereocenters. The molecule has 236 valence electrons. The van der Waals surface area contributed by atoms with E-state index in [2.05, 4.69) is 139 Å². The van der Waals surface area contributed by atoms with Crippen molar-refractivity contribution in [3.63, 3.8) is 0 Å². The van der Waals surface area contributed by atoms with Crippen LogP contribution in [0, 0.1) is 0 Å². The Morgan fingerprint density at radius 2 is 0.833 bits per heavy atom. The molecule has 0 amide bonds. The largest absolute Gasteiger partial charge is 0.287 e. The first-order valence-corrected chi connectivity index (χ1v) is 16.4. The Morgan fingerprint density at radius 3 is 1.33 bits per heavy atom. The Labute approximate surface area is 282 Å². The second-order valence-electron chi connectivity index (χ2n) is 12.1. The van der Waals surface area contributed by atoms with Crippen LogP contribution in [0.25, 0.3) is 21.9 Å². The zero-order chi connectivity index (χ0) is 32.4. The number of rotatable bonds is 13. The van der Waals surface area contributed by atoms with E-state index >= 15 is 0 Å². The zero-order valence-corrected chi connectivity index (χ0v) is 26.9. The van der Waals surface area contributed by atoms with Crippen LogP contribution in [-0.4, -0.2) is 29.7 Å². The highest BCUT2D eigenvalue weighted by atomic mass is 15.1. The van der Waals surface area contributed by atoms with Crippen molar-refractivity contribution in [2.45, 2.75) is 39.3 Å². The molecular weight excluding hydrogens is 589 g/mol. The van der Waals surface area contributed by atoms with Crippen molar-refractivity contribution in [2.24, 2.45) is 0 Å². The molecule has 0 saturated heterocycles. The van der Waals surface area contributed by atoms with Gasteiger partial charge in [0, 0.05) is 64.1 Å². The molecule has 0 aliphatic rings. The monoisotopic (exact) mass is 626 g/mol. The summed E-state index contributed by atoms with van der Waals surface area (Å²) in [5, 5.41) is 2.49. The number of aromatic nitrogens is 4. The van der Waals surface area contributed by atoms with Crippen LogP contribution in [-0.2, 0) is 39.3 Å². The lowest BCUT2D eigenvalue weighted by molar-refractivity contribution is 0.228. The Hall–Kier alpha value is -5.56. The molecule has 48 heavy (non-hydrogen) atoms. The first-order valence-electron chi connectivity index (χ1n) is 16.4. The maximum absolute atomic E-state index is 4.68. The summed E-state index contributed by atoms with van der Waals surface area (Å²) < 4.78 is 0. The maximum Gasteiger partial charge on any atom is 0.0544 e. The van der Waals surface area contributed by atoms with Crippen LogP contribution in [0.2, 0.25) is 0 Å². The van der Waals surface area contributed by atoms with Crippen molar-refractivity contribution in [3.05, 3.63) is 192 Å². The van der Waals surface area contributed by atoms with Gasteiger partial charge in [-0.1, -0.05) is 78.9 Å². The summed E-state index contributed by atoms with van der Waals surface area (Å²) in [5.74, 6) is 0. The quantitative estimate of drug-likeness (QED) is 0.128. The lowest BCUT2D eigenvalue weighted by Gasteiger charge is -2.27. The highest BCUT2D eigenvalue weighted by molar-refractivity contribution is 5.96. The third-order valence-corrected chi connectivity index (χ3v) is 8.54. The zero-order valence-electron chi connectivity index (χ0n) is 26.9. The normalized spacial score (nSPS) is 11.4. The Morgan fingerprint density at radius 1 is 0.375 bits per heavy atom. The fraction of sp³-hybridized carbons (Fsp3) is 0.143. The number of hydrogen-bond donors (Lipinski definition) is 0. The molecule has 0 aliphatic carbocycles. The number of pyridine rings is 4. The van der Waals surface area contributed by atoms with Gasteiger partial charge >= 0.3 is 0 Å². The SMILES string of the molecule is c1ccc(CN(Cc2ccccn2)Cc2ccc(-c3cccc4ccccc34)cc2CN(Cc2ccccn2)Cc2ccccn2)nc1. The lowest BCUT2D eigenvalue weighted by atomic mass is 9.94. The predicted octanol–water partition coefficient (Wildman–Crippen LogP) is 8.49. The topological polar surface area (TPSA) is 58.0 Å². The van der Waals surface area contributed by atoms with Gasteiger partial charge in [0.05, 0.1) is 22.8 Å². The van der Waals surface area contributed by atoms with Crippen LogP contribution < -0.4 is 0 Å². The molecule has 7 rings (SSSR count). The lowest BCUT2D eigenvalue weighted by Crippen LogP contribution is -2.27. The van der Waals surface area contributed by atoms with Crippen molar-refractivity contribution < 1.29 is 0 Å². The molecule has 3 aromatic carbocycles. The average molecular weight is 627 g/mol. The van der Waals surface area contributed by atoms with Gasteiger partial charge in [-0.3, -0.25) is 29.7 Å². The third kappa shape index (κ3) is 8.04. The summed E-state index contributed by atoms with van der Waals surface area (Å²) in [7, 11) is 0. The second-order valence-corrected chi connectivity index (χ2v) is 12.1. The van der Waals surface area contributed by atoms with Gasteiger partial charge in [0.1, 0.15) is 0 Å². The third-order valence-electron chi connectivity index (χ3n) is 8.54. The van der Waals surface area contributed by atoms with Gasteiger partial charge in [-0.2, -0.15) is 0 Å². The van der Waals surface area contributed by atoms with Gasteiger partial charge in [-0.05, 0) is 87.6 Å². The summed E-state index contributed by atoms with van der Waals surface area (Å²) in [6, 6.07) is 46.7. The van der Waals surface area contributed by atoms with E-state index in [1.807, 2.05) is 49.1 Å². The van der Waals surface area contributed by atoms with Gasteiger partial charge in [0.15, 0.2) is 0 Å². The molecule has 6 heteroatoms. The standard InChI is InChI=1S/C42H38N6/c1-2-18-41-33(12-1)13-11-19-42(41)34-20-21-35(27-47(29-37-14-3-7-22-43-37)30-38-15-4-8-23-44-38)36(26-34)28-48(31-39-16-5-9-24-45-39)32-40-17-6-10-25-46-40/h1-26H,27-32H2. The number of benzene rings is 3. The van der Waals surface area contributed by atoms with Crippen LogP contribution in [0.4, 0.5) is 0 Å². The highest BCUT2D eigenvalue weighted by Gasteiger charge is 2.17. The Bertz CT molecular complexity index is 1950. The van der Waals surface area contributed by atoms with Crippen molar-refractivity contribution >= 4 is 10.8 Å². The molecule has 0 radical (unpaired) electrons. The van der Waals surface area contributed by atoms with E-state index in [0.29, 0.717) is 26.2 Å². The van der Waals surface area contributed by atoms with E-state index in [-0.39, 0.29) is 0 Å². The van der Waals surface area contributed by atoms with Gasteiger partial charge in [-0.15, -0.1) is 0 Å². The molecule has 0 saturated carbocycles. The van der Waals surface area contributed by atoms with Crippen molar-refractivity contribution in [3.8, 4) is 11.1 Å². The maximum atomic E-state index is 4.68. The van der Waals surface area contributed by atoms with E-state index in [1.165, 1.54) is 33.0 Å². The van der Waals surface area contributed by atoms with Gasteiger partial charge in [0.25, 0.3) is 0 Å². The van der Waals surface area contributed by atoms with Crippen LogP contribution in [0.3, 0.4) is 0 Å². The molecule has 0 N–H and O–H groups in total. The van der Waals surface area contributed by atoms with Crippen molar-refractivity contribution in [2.75, 3.05) is 0 Å². The molecule has 0 bridgehead atoms. The van der Waals surface area contributed by atoms with Crippen LogP contribution in [0.1, 0.15) is 33.9 Å². The smallest absolute Gasteiger partial charge is 0.0544 e. The summed E-state index contributed by atoms with van der Waals surface area (Å²) in [5.41, 5.74) is 9.14. The fourth-order valence-electron chi connectivity index (χ4n) is 6.27. The first-order chi connectivity index (χ1) is 23.8. The number of hydrogen-bond acceptors (Lipinski definition) is 6. The van der Waals surface area contributed by atoms with E-state index < -0.39 is 0 Å². The first kappa shape index (κ1) is 31.1. The Balaban J connectivity index is 1.28. The van der Waals surface area contributed by atoms with Crippen LogP contribution >= 0.6 is 0 Å². The summed E-state index contributed by atoms with van der Waals surface area (Å²) in [6.07, 6.45) is 7.47. The minimum Gasteiger partial charge on any atom is -0.287 e. The highest BCUT2D eigenvalue weighted by Crippen LogP contribution is 2.31. The fourth-order valence-corrected chi connectivity index (χ4v) is 6.27. The summed E-state index contributed by atoms with van der Waals surface area (Å²) in [4.78, 5) is 23.6. The second kappa shape index (κ2) is 15.4. The molecule has 0 spiro atoms. The molecular formula is C42H38N6. The van der Waals surface area contributed by atoms with Gasteiger partial charge in [0.2, 0.25) is 0 Å². The molecule has 0 aliphatic heterocycles. The minimum atomic E-state index is 0.709. The van der Waals surface area contributed by atoms with Gasteiger partial charge in [-0.25, -0.2) is 0 Å². The molecule has 0 atom stereocenters. The molecule has 0 fully saturated rings. The Kier molecular flexibility index (Phi) is 9.93. The van der Waals surface area contributed by atoms with Crippen molar-refractivity contribution in [1.82, 2.24) is 29.7 Å². The van der Waals surface area contributed by atoms with Crippen LogP contribution in [0.15, 0.2) is 158 Å². The summed E-state index contributed by atoms with van der Waals surface area (Å²) in [6.45, 7) is 4.34.